The van der Waals surface area contributed by atoms with Gasteiger partial charge in [0, 0.05) is 0 Å². The number of hydrogen-bond donors (Lipinski definition) is 2. The van der Waals surface area contributed by atoms with Gasteiger partial charge in [0.2, 0.25) is 0 Å². The summed E-state index contributed by atoms with van der Waals surface area (Å²) < 4.78 is 41.3. The predicted molar refractivity (Wildman–Crippen MR) is 55.3 cm³/mol. The van der Waals surface area contributed by atoms with E-state index in [0.29, 0.717) is 6.20 Å². The first kappa shape index (κ1) is 12.8. The highest BCUT2D eigenvalue weighted by molar-refractivity contribution is 5.97. The quantitative estimate of drug-likeness (QED) is 0.873. The first-order valence-corrected chi connectivity index (χ1v) is 4.78. The van der Waals surface area contributed by atoms with Crippen LogP contribution in [0.2, 0.25) is 0 Å². The fraction of sp³-hybridized carbons (Fsp3) is 0.111. The molecule has 2 aromatic rings. The Morgan fingerprint density at radius 2 is 2.05 bits per heavy atom. The van der Waals surface area contributed by atoms with Crippen molar-refractivity contribution in [2.45, 2.75) is 6.18 Å². The highest BCUT2D eigenvalue weighted by Crippen LogP contribution is 2.27. The smallest absolute Gasteiger partial charge is 0.365 e. The molecule has 19 heavy (non-hydrogen) atoms. The molecule has 0 spiro atoms. The van der Waals surface area contributed by atoms with Gasteiger partial charge in [-0.05, 0) is 0 Å². The molecule has 0 fully saturated rings. The number of rotatable bonds is 3. The zero-order valence-electron chi connectivity index (χ0n) is 9.10. The molecule has 7 nitrogen and oxygen atoms in total. The number of carbonyl (C=O) groups is 1. The van der Waals surface area contributed by atoms with Crippen LogP contribution in [0.15, 0.2) is 23.2 Å². The molecule has 0 unspecified atom stereocenters. The van der Waals surface area contributed by atoms with Crippen LogP contribution < -0.4 is 11.1 Å². The molecule has 0 atom stereocenters. The first-order chi connectivity index (χ1) is 8.88. The first-order valence-electron chi connectivity index (χ1n) is 4.78. The van der Waals surface area contributed by atoms with Crippen molar-refractivity contribution in [2.24, 2.45) is 5.73 Å². The molecule has 2 aromatic heterocycles. The van der Waals surface area contributed by atoms with Gasteiger partial charge in [-0.1, -0.05) is 5.16 Å². The predicted octanol–water partition coefficient (Wildman–Crippen LogP) is 1.33. The summed E-state index contributed by atoms with van der Waals surface area (Å²) >= 11 is 0. The molecule has 0 aliphatic rings. The van der Waals surface area contributed by atoms with Crippen molar-refractivity contribution in [3.63, 3.8) is 0 Å². The number of anilines is 2. The minimum Gasteiger partial charge on any atom is -0.365 e. The molecule has 0 radical (unpaired) electrons. The number of primary amides is 1. The summed E-state index contributed by atoms with van der Waals surface area (Å²) in [5.74, 6) is -0.894. The van der Waals surface area contributed by atoms with Gasteiger partial charge >= 0.3 is 6.18 Å². The third-order valence-electron chi connectivity index (χ3n) is 2.02. The van der Waals surface area contributed by atoms with Crippen molar-refractivity contribution in [2.75, 3.05) is 5.32 Å². The lowest BCUT2D eigenvalue weighted by atomic mass is 10.3. The van der Waals surface area contributed by atoms with E-state index < -0.39 is 17.8 Å². The number of hydrogen-bond acceptors (Lipinski definition) is 6. The standard InChI is InChI=1S/C9H6F3N5O2/c10-9(11,12)5-1-15-6(2-14-5)16-8-4(7(13)18)3-19-17-8/h1-3H,(H2,13,18)(H,15,16,17). The fourth-order valence-corrected chi connectivity index (χ4v) is 1.16. The summed E-state index contributed by atoms with van der Waals surface area (Å²) in [7, 11) is 0. The number of nitrogens with zero attached hydrogens (tertiary/aromatic N) is 3. The molecule has 10 heteroatoms. The van der Waals surface area contributed by atoms with E-state index in [9.17, 15) is 18.0 Å². The Morgan fingerprint density at radius 3 is 2.58 bits per heavy atom. The summed E-state index contributed by atoms with van der Waals surface area (Å²) in [6, 6.07) is 0. The molecule has 0 saturated heterocycles. The number of nitrogens with two attached hydrogens (primary N) is 1. The molecule has 0 saturated carbocycles. The van der Waals surface area contributed by atoms with E-state index in [0.717, 1.165) is 12.5 Å². The Bertz CT molecular complexity index is 593. The lowest BCUT2D eigenvalue weighted by Crippen LogP contribution is -2.13. The molecular formula is C9H6F3N5O2. The third-order valence-corrected chi connectivity index (χ3v) is 2.02. The Hall–Kier alpha value is -2.65. The summed E-state index contributed by atoms with van der Waals surface area (Å²) in [5.41, 5.74) is 3.84. The molecule has 0 aliphatic heterocycles. The van der Waals surface area contributed by atoms with Crippen molar-refractivity contribution in [1.29, 1.82) is 0 Å². The van der Waals surface area contributed by atoms with E-state index in [1.807, 2.05) is 0 Å². The van der Waals surface area contributed by atoms with Crippen molar-refractivity contribution in [3.8, 4) is 0 Å². The summed E-state index contributed by atoms with van der Waals surface area (Å²) in [6.07, 6.45) is -2.17. The van der Waals surface area contributed by atoms with Gasteiger partial charge in [0.05, 0.1) is 12.4 Å². The van der Waals surface area contributed by atoms with Crippen LogP contribution in [0.3, 0.4) is 0 Å². The summed E-state index contributed by atoms with van der Waals surface area (Å²) in [6.45, 7) is 0. The average Bonchev–Trinajstić information content (AvgIpc) is 2.77. The summed E-state index contributed by atoms with van der Waals surface area (Å²) in [5, 5.41) is 5.89. The van der Waals surface area contributed by atoms with Crippen LogP contribution >= 0.6 is 0 Å². The second-order valence-corrected chi connectivity index (χ2v) is 3.35. The molecular weight excluding hydrogens is 267 g/mol. The molecule has 0 bridgehead atoms. The molecule has 0 aliphatic carbocycles. The van der Waals surface area contributed by atoms with Gasteiger partial charge in [0.15, 0.2) is 11.5 Å². The molecule has 1 amide bonds. The molecule has 2 heterocycles. The maximum absolute atomic E-state index is 12.3. The largest absolute Gasteiger partial charge is 0.434 e. The Kier molecular flexibility index (Phi) is 3.07. The number of alkyl halides is 3. The van der Waals surface area contributed by atoms with Gasteiger partial charge in [-0.15, -0.1) is 0 Å². The number of aromatic nitrogens is 3. The van der Waals surface area contributed by atoms with Crippen molar-refractivity contribution in [3.05, 3.63) is 29.9 Å². The minimum absolute atomic E-state index is 0.0376. The van der Waals surface area contributed by atoms with Gasteiger partial charge in [-0.3, -0.25) is 4.79 Å². The highest BCUT2D eigenvalue weighted by Gasteiger charge is 2.32. The Balaban J connectivity index is 2.20. The van der Waals surface area contributed by atoms with Gasteiger partial charge in [-0.2, -0.15) is 13.2 Å². The van der Waals surface area contributed by atoms with Crippen molar-refractivity contribution < 1.29 is 22.5 Å². The minimum atomic E-state index is -4.57. The molecule has 2 rings (SSSR count). The van der Waals surface area contributed by atoms with E-state index in [2.05, 4.69) is 25.0 Å². The van der Waals surface area contributed by atoms with E-state index in [4.69, 9.17) is 5.73 Å². The Morgan fingerprint density at radius 1 is 1.32 bits per heavy atom. The van der Waals surface area contributed by atoms with Crippen LogP contribution in [-0.4, -0.2) is 21.0 Å². The zero-order valence-corrected chi connectivity index (χ0v) is 9.10. The lowest BCUT2D eigenvalue weighted by molar-refractivity contribution is -0.141. The zero-order chi connectivity index (χ0) is 14.0. The van der Waals surface area contributed by atoms with Crippen LogP contribution in [0.1, 0.15) is 16.1 Å². The monoisotopic (exact) mass is 273 g/mol. The van der Waals surface area contributed by atoms with E-state index in [1.54, 1.807) is 0 Å². The van der Waals surface area contributed by atoms with E-state index in [1.165, 1.54) is 0 Å². The maximum atomic E-state index is 12.3. The number of carbonyl (C=O) groups excluding carboxylic acids is 1. The number of nitrogens with one attached hydrogen (secondary N) is 1. The van der Waals surface area contributed by atoms with Gasteiger partial charge in [0.1, 0.15) is 17.6 Å². The number of amides is 1. The van der Waals surface area contributed by atoms with Crippen LogP contribution in [0.5, 0.6) is 0 Å². The third kappa shape index (κ3) is 2.78. The normalized spacial score (nSPS) is 11.3. The highest BCUT2D eigenvalue weighted by atomic mass is 19.4. The van der Waals surface area contributed by atoms with Crippen LogP contribution in [0, 0.1) is 0 Å². The van der Waals surface area contributed by atoms with Crippen molar-refractivity contribution in [1.82, 2.24) is 15.1 Å². The SMILES string of the molecule is NC(=O)c1conc1Nc1cnc(C(F)(F)F)cn1. The van der Waals surface area contributed by atoms with Gasteiger partial charge in [-0.25, -0.2) is 9.97 Å². The van der Waals surface area contributed by atoms with Crippen molar-refractivity contribution >= 4 is 17.5 Å². The maximum Gasteiger partial charge on any atom is 0.434 e. The molecule has 3 N–H and O–H groups in total. The summed E-state index contributed by atoms with van der Waals surface area (Å²) in [4.78, 5) is 17.6. The van der Waals surface area contributed by atoms with Gasteiger partial charge < -0.3 is 15.6 Å². The molecule has 100 valence electrons. The number of halogens is 3. The lowest BCUT2D eigenvalue weighted by Gasteiger charge is -2.06. The second kappa shape index (κ2) is 4.55. The Labute approximate surface area is 103 Å². The topological polar surface area (TPSA) is 107 Å². The van der Waals surface area contributed by atoms with Crippen LogP contribution in [-0.2, 0) is 6.18 Å². The van der Waals surface area contributed by atoms with Gasteiger partial charge in [0.25, 0.3) is 5.91 Å². The second-order valence-electron chi connectivity index (χ2n) is 3.35. The molecule has 0 aromatic carbocycles. The fourth-order valence-electron chi connectivity index (χ4n) is 1.16. The van der Waals surface area contributed by atoms with Crippen LogP contribution in [0.25, 0.3) is 0 Å². The van der Waals surface area contributed by atoms with E-state index in [-0.39, 0.29) is 17.2 Å². The van der Waals surface area contributed by atoms with E-state index >= 15 is 0 Å². The van der Waals surface area contributed by atoms with Crippen LogP contribution in [0.4, 0.5) is 24.8 Å². The average molecular weight is 273 g/mol.